The Morgan fingerprint density at radius 1 is 0.964 bits per heavy atom. The zero-order chi connectivity index (χ0) is 19.9. The number of carbonyl (C=O) groups excluding carboxylic acids is 2. The highest BCUT2D eigenvalue weighted by Crippen LogP contribution is 2.17. The molecule has 0 atom stereocenters. The van der Waals surface area contributed by atoms with Gasteiger partial charge in [-0.1, -0.05) is 29.8 Å². The van der Waals surface area contributed by atoms with Gasteiger partial charge in [-0.05, 0) is 35.9 Å². The Labute approximate surface area is 167 Å². The predicted octanol–water partition coefficient (Wildman–Crippen LogP) is 3.76. The molecule has 3 aromatic rings. The van der Waals surface area contributed by atoms with Crippen molar-refractivity contribution in [1.82, 2.24) is 15.3 Å². The van der Waals surface area contributed by atoms with Gasteiger partial charge in [-0.15, -0.1) is 0 Å². The van der Waals surface area contributed by atoms with E-state index >= 15 is 0 Å². The largest absolute Gasteiger partial charge is 0.347 e. The third-order valence-electron chi connectivity index (χ3n) is 3.76. The second-order valence-corrected chi connectivity index (χ2v) is 6.35. The number of benzene rings is 2. The molecule has 3 N–H and O–H groups in total. The molecule has 2 amide bonds. The van der Waals surface area contributed by atoms with Crippen LogP contribution in [-0.2, 0) is 11.3 Å². The first-order valence-corrected chi connectivity index (χ1v) is 8.87. The summed E-state index contributed by atoms with van der Waals surface area (Å²) in [5.74, 6) is 0.0311. The van der Waals surface area contributed by atoms with E-state index in [0.29, 0.717) is 23.1 Å². The minimum Gasteiger partial charge on any atom is -0.347 e. The molecular formula is C20H18ClN5O2. The Hall–Kier alpha value is -3.45. The van der Waals surface area contributed by atoms with Gasteiger partial charge in [0.2, 0.25) is 5.91 Å². The molecule has 0 fully saturated rings. The van der Waals surface area contributed by atoms with Gasteiger partial charge in [-0.2, -0.15) is 0 Å². The van der Waals surface area contributed by atoms with Gasteiger partial charge in [0.25, 0.3) is 5.91 Å². The second kappa shape index (κ2) is 8.96. The van der Waals surface area contributed by atoms with Crippen molar-refractivity contribution in [2.24, 2.45) is 0 Å². The summed E-state index contributed by atoms with van der Waals surface area (Å²) in [7, 11) is 0. The molecule has 0 spiro atoms. The topological polar surface area (TPSA) is 96.0 Å². The molecule has 0 unspecified atom stereocenters. The van der Waals surface area contributed by atoms with Crippen LogP contribution in [-0.4, -0.2) is 21.8 Å². The predicted molar refractivity (Wildman–Crippen MR) is 109 cm³/mol. The highest BCUT2D eigenvalue weighted by atomic mass is 35.5. The smallest absolute Gasteiger partial charge is 0.271 e. The Bertz CT molecular complexity index is 975. The quantitative estimate of drug-likeness (QED) is 0.590. The maximum absolute atomic E-state index is 12.2. The molecule has 2 aromatic carbocycles. The zero-order valence-corrected chi connectivity index (χ0v) is 15.8. The van der Waals surface area contributed by atoms with Crippen molar-refractivity contribution in [1.29, 1.82) is 0 Å². The summed E-state index contributed by atoms with van der Waals surface area (Å²) in [5.41, 5.74) is 2.51. The monoisotopic (exact) mass is 395 g/mol. The lowest BCUT2D eigenvalue weighted by Crippen LogP contribution is -2.24. The number of aromatic nitrogens is 2. The number of rotatable bonds is 6. The third kappa shape index (κ3) is 5.28. The lowest BCUT2D eigenvalue weighted by Gasteiger charge is -2.08. The van der Waals surface area contributed by atoms with Crippen LogP contribution in [0.3, 0.4) is 0 Å². The summed E-state index contributed by atoms with van der Waals surface area (Å²) in [6.07, 6.45) is 2.88. The summed E-state index contributed by atoms with van der Waals surface area (Å²) in [6.45, 7) is 1.76. The van der Waals surface area contributed by atoms with E-state index in [1.54, 1.807) is 30.3 Å². The van der Waals surface area contributed by atoms with Gasteiger partial charge in [0.15, 0.2) is 0 Å². The van der Waals surface area contributed by atoms with Gasteiger partial charge in [-0.3, -0.25) is 9.59 Å². The van der Waals surface area contributed by atoms with Gasteiger partial charge < -0.3 is 16.0 Å². The molecule has 0 aliphatic carbocycles. The Morgan fingerprint density at radius 3 is 2.32 bits per heavy atom. The highest BCUT2D eigenvalue weighted by molar-refractivity contribution is 6.31. The van der Waals surface area contributed by atoms with Gasteiger partial charge in [0, 0.05) is 29.9 Å². The number of halogens is 1. The number of nitrogens with zero attached hydrogens (tertiary/aromatic N) is 2. The van der Waals surface area contributed by atoms with E-state index in [2.05, 4.69) is 25.9 Å². The van der Waals surface area contributed by atoms with Crippen molar-refractivity contribution in [2.75, 3.05) is 10.6 Å². The summed E-state index contributed by atoms with van der Waals surface area (Å²) >= 11 is 6.08. The van der Waals surface area contributed by atoms with Crippen molar-refractivity contribution >= 4 is 40.6 Å². The van der Waals surface area contributed by atoms with E-state index in [1.807, 2.05) is 18.2 Å². The van der Waals surface area contributed by atoms with Crippen LogP contribution in [0, 0.1) is 0 Å². The van der Waals surface area contributed by atoms with Gasteiger partial charge in [-0.25, -0.2) is 9.97 Å². The van der Waals surface area contributed by atoms with Gasteiger partial charge in [0.05, 0.1) is 12.4 Å². The summed E-state index contributed by atoms with van der Waals surface area (Å²) in [6, 6.07) is 14.5. The van der Waals surface area contributed by atoms with Crippen molar-refractivity contribution in [3.63, 3.8) is 0 Å². The minimum atomic E-state index is -0.335. The molecule has 0 saturated heterocycles. The average Bonchev–Trinajstić information content (AvgIpc) is 2.69. The number of hydrogen-bond acceptors (Lipinski definition) is 5. The molecule has 1 aromatic heterocycles. The Morgan fingerprint density at radius 2 is 1.68 bits per heavy atom. The molecule has 7 nitrogen and oxygen atoms in total. The molecular weight excluding hydrogens is 378 g/mol. The lowest BCUT2D eigenvalue weighted by molar-refractivity contribution is -0.114. The molecule has 0 aliphatic heterocycles. The van der Waals surface area contributed by atoms with Crippen LogP contribution >= 0.6 is 11.6 Å². The zero-order valence-electron chi connectivity index (χ0n) is 15.1. The number of hydrogen-bond donors (Lipinski definition) is 3. The maximum Gasteiger partial charge on any atom is 0.271 e. The molecule has 0 bridgehead atoms. The van der Waals surface area contributed by atoms with E-state index in [9.17, 15) is 9.59 Å². The maximum atomic E-state index is 12.2. The summed E-state index contributed by atoms with van der Waals surface area (Å²) in [5, 5.41) is 9.14. The second-order valence-electron chi connectivity index (χ2n) is 5.94. The molecule has 3 rings (SSSR count). The van der Waals surface area contributed by atoms with Crippen LogP contribution < -0.4 is 16.0 Å². The fraction of sp³-hybridized carbons (Fsp3) is 0.100. The van der Waals surface area contributed by atoms with Gasteiger partial charge >= 0.3 is 0 Å². The van der Waals surface area contributed by atoms with E-state index in [1.165, 1.54) is 19.3 Å². The van der Waals surface area contributed by atoms with Crippen molar-refractivity contribution in [2.45, 2.75) is 13.5 Å². The Balaban J connectivity index is 1.57. The first kappa shape index (κ1) is 19.3. The molecule has 1 heterocycles. The van der Waals surface area contributed by atoms with Gasteiger partial charge in [0.1, 0.15) is 11.5 Å². The lowest BCUT2D eigenvalue weighted by atomic mass is 10.2. The van der Waals surface area contributed by atoms with Crippen LogP contribution in [0.2, 0.25) is 5.02 Å². The minimum absolute atomic E-state index is 0.130. The molecule has 0 radical (unpaired) electrons. The van der Waals surface area contributed by atoms with Crippen molar-refractivity contribution in [3.8, 4) is 0 Å². The molecule has 142 valence electrons. The summed E-state index contributed by atoms with van der Waals surface area (Å²) < 4.78 is 0. The Kier molecular flexibility index (Phi) is 6.18. The fourth-order valence-corrected chi connectivity index (χ4v) is 2.61. The fourth-order valence-electron chi connectivity index (χ4n) is 2.41. The normalized spacial score (nSPS) is 10.2. The van der Waals surface area contributed by atoms with E-state index in [4.69, 9.17) is 11.6 Å². The number of nitrogens with one attached hydrogen (secondary N) is 3. The standard InChI is InChI=1S/C20H18ClN5O2/c1-13(27)25-15-6-8-16(9-7-15)26-19-12-22-18(11-23-19)20(28)24-10-14-4-2-3-5-17(14)21/h2-9,11-12H,10H2,1H3,(H,23,26)(H,24,28)(H,25,27). The van der Waals surface area contributed by atoms with Crippen LogP contribution in [0.15, 0.2) is 60.9 Å². The summed E-state index contributed by atoms with van der Waals surface area (Å²) in [4.78, 5) is 31.6. The SMILES string of the molecule is CC(=O)Nc1ccc(Nc2cnc(C(=O)NCc3ccccc3Cl)cn2)cc1. The number of carbonyl (C=O) groups is 2. The number of amides is 2. The molecule has 8 heteroatoms. The van der Waals surface area contributed by atoms with Crippen LogP contribution in [0.4, 0.5) is 17.2 Å². The number of anilines is 3. The average molecular weight is 396 g/mol. The first-order chi connectivity index (χ1) is 13.5. The molecule has 0 aliphatic rings. The van der Waals surface area contributed by atoms with Crippen molar-refractivity contribution in [3.05, 3.63) is 77.2 Å². The highest BCUT2D eigenvalue weighted by Gasteiger charge is 2.09. The van der Waals surface area contributed by atoms with Crippen LogP contribution in [0.5, 0.6) is 0 Å². The first-order valence-electron chi connectivity index (χ1n) is 8.49. The third-order valence-corrected chi connectivity index (χ3v) is 4.13. The van der Waals surface area contributed by atoms with Crippen LogP contribution in [0.25, 0.3) is 0 Å². The van der Waals surface area contributed by atoms with E-state index < -0.39 is 0 Å². The van der Waals surface area contributed by atoms with E-state index in [-0.39, 0.29) is 17.5 Å². The van der Waals surface area contributed by atoms with Crippen LogP contribution in [0.1, 0.15) is 23.0 Å². The molecule has 0 saturated carbocycles. The van der Waals surface area contributed by atoms with E-state index in [0.717, 1.165) is 11.3 Å². The molecule has 28 heavy (non-hydrogen) atoms. The van der Waals surface area contributed by atoms with Crippen molar-refractivity contribution < 1.29 is 9.59 Å².